The van der Waals surface area contributed by atoms with Crippen molar-refractivity contribution in [3.8, 4) is 6.07 Å². The summed E-state index contributed by atoms with van der Waals surface area (Å²) < 4.78 is 0. The van der Waals surface area contributed by atoms with Gasteiger partial charge in [0.05, 0.1) is 17.2 Å². The maximum absolute atomic E-state index is 12.8. The van der Waals surface area contributed by atoms with Crippen molar-refractivity contribution < 1.29 is 9.59 Å². The summed E-state index contributed by atoms with van der Waals surface area (Å²) in [5.41, 5.74) is 7.15. The molecule has 2 aromatic rings. The smallest absolute Gasteiger partial charge is 0.256 e. The lowest BCUT2D eigenvalue weighted by Gasteiger charge is -2.27. The molecule has 0 saturated heterocycles. The van der Waals surface area contributed by atoms with Crippen LogP contribution >= 0.6 is 11.3 Å². The highest BCUT2D eigenvalue weighted by molar-refractivity contribution is 7.11. The van der Waals surface area contributed by atoms with Gasteiger partial charge in [0.15, 0.2) is 0 Å². The monoisotopic (exact) mass is 366 g/mol. The minimum atomic E-state index is -0.445. The van der Waals surface area contributed by atoms with E-state index in [9.17, 15) is 9.59 Å². The lowest BCUT2D eigenvalue weighted by molar-refractivity contribution is -0.116. The molecule has 26 heavy (non-hydrogen) atoms. The number of nitriles is 1. The number of carbonyl (C=O) groups excluding carboxylic acids is 2. The SMILES string of the molecule is N#Cc1cccc(NC(=O)c2ccsc2[C](C(N)=O)C2CCCCC2)c1. The van der Waals surface area contributed by atoms with Crippen LogP contribution in [0.3, 0.4) is 0 Å². The summed E-state index contributed by atoms with van der Waals surface area (Å²) in [6.07, 6.45) is 5.20. The third kappa shape index (κ3) is 3.94. The molecule has 0 unspecified atom stereocenters. The third-order valence-electron chi connectivity index (χ3n) is 4.68. The predicted octanol–water partition coefficient (Wildman–Crippen LogP) is 3.86. The molecule has 1 heterocycles. The van der Waals surface area contributed by atoms with Gasteiger partial charge in [-0.1, -0.05) is 25.3 Å². The quantitative estimate of drug-likeness (QED) is 0.841. The Bertz CT molecular complexity index is 847. The van der Waals surface area contributed by atoms with Crippen LogP contribution in [0, 0.1) is 23.2 Å². The molecule has 6 heteroatoms. The van der Waals surface area contributed by atoms with Crippen LogP contribution in [-0.4, -0.2) is 11.8 Å². The van der Waals surface area contributed by atoms with Gasteiger partial charge in [0.1, 0.15) is 5.92 Å². The number of nitrogens with zero attached hydrogens (tertiary/aromatic N) is 1. The number of carbonyl (C=O) groups is 2. The minimum absolute atomic E-state index is 0.119. The molecule has 1 aromatic heterocycles. The molecule has 1 radical (unpaired) electrons. The molecule has 1 saturated carbocycles. The van der Waals surface area contributed by atoms with Crippen LogP contribution in [0.1, 0.15) is 52.9 Å². The fourth-order valence-corrected chi connectivity index (χ4v) is 4.47. The molecule has 1 aliphatic rings. The first-order valence-corrected chi connectivity index (χ1v) is 9.54. The highest BCUT2D eigenvalue weighted by Crippen LogP contribution is 2.39. The number of hydrogen-bond acceptors (Lipinski definition) is 4. The number of primary amides is 1. The van der Waals surface area contributed by atoms with Gasteiger partial charge in [-0.15, -0.1) is 11.3 Å². The van der Waals surface area contributed by atoms with Gasteiger partial charge < -0.3 is 11.1 Å². The van der Waals surface area contributed by atoms with E-state index in [0.29, 0.717) is 27.6 Å². The van der Waals surface area contributed by atoms with E-state index < -0.39 is 5.91 Å². The van der Waals surface area contributed by atoms with Crippen molar-refractivity contribution in [2.45, 2.75) is 32.1 Å². The second-order valence-electron chi connectivity index (χ2n) is 6.42. The number of benzene rings is 1. The number of anilines is 1. The van der Waals surface area contributed by atoms with Crippen molar-refractivity contribution in [1.29, 1.82) is 5.26 Å². The van der Waals surface area contributed by atoms with Crippen LogP contribution in [-0.2, 0) is 4.79 Å². The Labute approximate surface area is 156 Å². The number of nitrogens with two attached hydrogens (primary N) is 1. The Balaban J connectivity index is 1.85. The number of nitrogens with one attached hydrogen (secondary N) is 1. The summed E-state index contributed by atoms with van der Waals surface area (Å²) in [6, 6.07) is 10.5. The largest absolute Gasteiger partial charge is 0.369 e. The third-order valence-corrected chi connectivity index (χ3v) is 5.63. The van der Waals surface area contributed by atoms with Crippen molar-refractivity contribution in [3.63, 3.8) is 0 Å². The van der Waals surface area contributed by atoms with Gasteiger partial charge in [-0.3, -0.25) is 9.59 Å². The highest BCUT2D eigenvalue weighted by Gasteiger charge is 2.34. The summed E-state index contributed by atoms with van der Waals surface area (Å²) in [5.74, 6) is -0.0465. The second-order valence-corrected chi connectivity index (χ2v) is 7.34. The Morgan fingerprint density at radius 1 is 1.19 bits per heavy atom. The van der Waals surface area contributed by atoms with E-state index in [1.807, 2.05) is 11.4 Å². The lowest BCUT2D eigenvalue weighted by Crippen LogP contribution is -2.31. The normalized spacial score (nSPS) is 14.8. The Kier molecular flexibility index (Phi) is 5.69. The zero-order valence-electron chi connectivity index (χ0n) is 14.3. The fraction of sp³-hybridized carbons (Fsp3) is 0.300. The van der Waals surface area contributed by atoms with E-state index in [1.54, 1.807) is 30.3 Å². The summed E-state index contributed by atoms with van der Waals surface area (Å²) in [6.45, 7) is 0. The van der Waals surface area contributed by atoms with Gasteiger partial charge in [-0.2, -0.15) is 5.26 Å². The van der Waals surface area contributed by atoms with Gasteiger partial charge in [-0.05, 0) is 48.4 Å². The molecule has 2 amide bonds. The van der Waals surface area contributed by atoms with Crippen molar-refractivity contribution >= 4 is 28.8 Å². The zero-order valence-corrected chi connectivity index (χ0v) is 15.1. The van der Waals surface area contributed by atoms with Gasteiger partial charge in [0, 0.05) is 10.6 Å². The fourth-order valence-electron chi connectivity index (χ4n) is 3.45. The van der Waals surface area contributed by atoms with Crippen LogP contribution in [0.5, 0.6) is 0 Å². The Morgan fingerprint density at radius 3 is 2.65 bits per heavy atom. The number of amides is 2. The predicted molar refractivity (Wildman–Crippen MR) is 102 cm³/mol. The number of thiophene rings is 1. The van der Waals surface area contributed by atoms with E-state index in [2.05, 4.69) is 5.32 Å². The van der Waals surface area contributed by atoms with E-state index in [0.717, 1.165) is 25.7 Å². The Hall–Kier alpha value is -2.65. The molecule has 3 rings (SSSR count). The highest BCUT2D eigenvalue weighted by atomic mass is 32.1. The van der Waals surface area contributed by atoms with E-state index in [4.69, 9.17) is 11.0 Å². The van der Waals surface area contributed by atoms with Crippen LogP contribution in [0.25, 0.3) is 0 Å². The molecule has 3 N–H and O–H groups in total. The van der Waals surface area contributed by atoms with Crippen LogP contribution in [0.15, 0.2) is 35.7 Å². The summed E-state index contributed by atoms with van der Waals surface area (Å²) in [5, 5.41) is 13.6. The summed E-state index contributed by atoms with van der Waals surface area (Å²) in [7, 11) is 0. The molecule has 0 atom stereocenters. The van der Waals surface area contributed by atoms with Crippen molar-refractivity contribution in [3.05, 3.63) is 57.6 Å². The van der Waals surface area contributed by atoms with Crippen LogP contribution in [0.2, 0.25) is 0 Å². The Morgan fingerprint density at radius 2 is 1.96 bits per heavy atom. The van der Waals surface area contributed by atoms with E-state index in [-0.39, 0.29) is 11.8 Å². The van der Waals surface area contributed by atoms with Gasteiger partial charge in [0.25, 0.3) is 5.91 Å². The molecule has 133 valence electrons. The maximum atomic E-state index is 12.8. The maximum Gasteiger partial charge on any atom is 0.256 e. The van der Waals surface area contributed by atoms with Crippen molar-refractivity contribution in [2.24, 2.45) is 11.7 Å². The summed E-state index contributed by atoms with van der Waals surface area (Å²) in [4.78, 5) is 25.6. The molecule has 5 nitrogen and oxygen atoms in total. The van der Waals surface area contributed by atoms with Crippen LogP contribution < -0.4 is 11.1 Å². The summed E-state index contributed by atoms with van der Waals surface area (Å²) >= 11 is 1.38. The second kappa shape index (κ2) is 8.15. The molecule has 1 fully saturated rings. The van der Waals surface area contributed by atoms with Gasteiger partial charge in [0.2, 0.25) is 5.91 Å². The van der Waals surface area contributed by atoms with E-state index >= 15 is 0 Å². The van der Waals surface area contributed by atoms with E-state index in [1.165, 1.54) is 17.8 Å². The molecule has 1 aliphatic carbocycles. The standard InChI is InChI=1S/C20H20N3O2S/c21-12-13-5-4-8-15(11-13)23-20(25)16-9-10-26-18(16)17(19(22)24)14-6-2-1-3-7-14/h4-5,8-11,14H,1-3,6-7H2,(H2,22,24)(H,23,25). The van der Waals surface area contributed by atoms with Gasteiger partial charge in [-0.25, -0.2) is 0 Å². The molecule has 1 aromatic carbocycles. The first-order chi connectivity index (χ1) is 12.6. The van der Waals surface area contributed by atoms with Gasteiger partial charge >= 0.3 is 0 Å². The van der Waals surface area contributed by atoms with Crippen molar-refractivity contribution in [2.75, 3.05) is 5.32 Å². The molecular formula is C20H20N3O2S. The van der Waals surface area contributed by atoms with Crippen molar-refractivity contribution in [1.82, 2.24) is 0 Å². The van der Waals surface area contributed by atoms with Crippen LogP contribution in [0.4, 0.5) is 5.69 Å². The number of rotatable bonds is 5. The first kappa shape index (κ1) is 18.2. The average molecular weight is 366 g/mol. The molecule has 0 spiro atoms. The first-order valence-electron chi connectivity index (χ1n) is 8.66. The average Bonchev–Trinajstić information content (AvgIpc) is 3.12. The molecular weight excluding hydrogens is 346 g/mol. The zero-order chi connectivity index (χ0) is 18.5. The molecule has 0 aliphatic heterocycles. The lowest BCUT2D eigenvalue weighted by atomic mass is 9.78. The minimum Gasteiger partial charge on any atom is -0.369 e. The topological polar surface area (TPSA) is 96.0 Å². The number of hydrogen-bond donors (Lipinski definition) is 2. The molecule has 0 bridgehead atoms.